The lowest BCUT2D eigenvalue weighted by Crippen LogP contribution is -2.11. The maximum atomic E-state index is 4.94. The number of hydrogen-bond donors (Lipinski definition) is 2. The van der Waals surface area contributed by atoms with Crippen LogP contribution < -0.4 is 5.32 Å². The van der Waals surface area contributed by atoms with Crippen LogP contribution in [0.15, 0.2) is 79.0 Å². The summed E-state index contributed by atoms with van der Waals surface area (Å²) in [5.41, 5.74) is 6.31. The van der Waals surface area contributed by atoms with Crippen LogP contribution in [0.4, 0.5) is 5.95 Å². The maximum absolute atomic E-state index is 4.94. The van der Waals surface area contributed by atoms with Gasteiger partial charge in [-0.3, -0.25) is 0 Å². The summed E-state index contributed by atoms with van der Waals surface area (Å²) >= 11 is 0. The maximum Gasteiger partial charge on any atom is 0.226 e. The fraction of sp³-hybridized carbons (Fsp3) is 0.172. The highest BCUT2D eigenvalue weighted by Crippen LogP contribution is 2.22. The number of aromatic amines is 1. The summed E-state index contributed by atoms with van der Waals surface area (Å²) < 4.78 is 4.09. The van der Waals surface area contributed by atoms with Gasteiger partial charge in [-0.15, -0.1) is 5.10 Å². The van der Waals surface area contributed by atoms with Crippen LogP contribution in [-0.4, -0.2) is 40.7 Å². The normalized spacial score (nSPS) is 11.8. The number of aromatic nitrogens is 7. The predicted molar refractivity (Wildman–Crippen MR) is 147 cm³/mol. The van der Waals surface area contributed by atoms with E-state index in [2.05, 4.69) is 63.5 Å². The van der Waals surface area contributed by atoms with Crippen molar-refractivity contribution in [2.75, 3.05) is 11.9 Å². The van der Waals surface area contributed by atoms with E-state index in [0.29, 0.717) is 12.4 Å². The van der Waals surface area contributed by atoms with E-state index >= 15 is 0 Å². The van der Waals surface area contributed by atoms with Crippen LogP contribution in [0.25, 0.3) is 38.5 Å². The molecule has 4 heterocycles. The number of nitrogens with zero attached hydrogens (tertiary/aromatic N) is 6. The average Bonchev–Trinajstić information content (AvgIpc) is 3.62. The molecule has 2 N–H and O–H groups in total. The zero-order chi connectivity index (χ0) is 24.8. The fourth-order valence-electron chi connectivity index (χ4n) is 5.16. The second-order valence-electron chi connectivity index (χ2n) is 9.30. The standard InChI is InChI=1S/C29H26N8/c1-19-32-25-12-6-7-13-26(25)36(19)17-15-27-34-28-22-9-3-5-11-24(22)33-29(37(28)35-27)30-16-14-20-18-31-23-10-4-2-8-21(20)23/h2-13,18,31H,14-17H2,1H3,(H,30,33). The molecule has 0 saturated heterocycles. The SMILES string of the molecule is Cc1nc2ccccc2n1CCc1nc2c3ccccc3nc(NCCc3c[nH]c4ccccc34)n2n1. The molecule has 0 atom stereocenters. The molecule has 182 valence electrons. The quantitative estimate of drug-likeness (QED) is 0.319. The van der Waals surface area contributed by atoms with Gasteiger partial charge in [-0.25, -0.2) is 15.0 Å². The van der Waals surface area contributed by atoms with Gasteiger partial charge >= 0.3 is 0 Å². The van der Waals surface area contributed by atoms with E-state index in [1.165, 1.54) is 10.9 Å². The van der Waals surface area contributed by atoms with Gasteiger partial charge in [-0.05, 0) is 49.2 Å². The lowest BCUT2D eigenvalue weighted by Gasteiger charge is -2.09. The molecule has 0 amide bonds. The summed E-state index contributed by atoms with van der Waals surface area (Å²) in [4.78, 5) is 17.9. The van der Waals surface area contributed by atoms with E-state index in [9.17, 15) is 0 Å². The molecule has 7 rings (SSSR count). The topological polar surface area (TPSA) is 88.7 Å². The first-order valence-corrected chi connectivity index (χ1v) is 12.6. The Labute approximate surface area is 213 Å². The summed E-state index contributed by atoms with van der Waals surface area (Å²) in [5.74, 6) is 2.49. The highest BCUT2D eigenvalue weighted by Gasteiger charge is 2.15. The monoisotopic (exact) mass is 486 g/mol. The largest absolute Gasteiger partial charge is 0.361 e. The number of rotatable bonds is 7. The van der Waals surface area contributed by atoms with Crippen LogP contribution in [0, 0.1) is 6.92 Å². The summed E-state index contributed by atoms with van der Waals surface area (Å²) in [5, 5.41) is 10.6. The smallest absolute Gasteiger partial charge is 0.226 e. The van der Waals surface area contributed by atoms with Crippen LogP contribution in [0.2, 0.25) is 0 Å². The molecule has 0 aliphatic carbocycles. The van der Waals surface area contributed by atoms with E-state index < -0.39 is 0 Å². The van der Waals surface area contributed by atoms with Crippen molar-refractivity contribution < 1.29 is 0 Å². The fourth-order valence-corrected chi connectivity index (χ4v) is 5.16. The van der Waals surface area contributed by atoms with Crippen molar-refractivity contribution in [2.24, 2.45) is 0 Å². The van der Waals surface area contributed by atoms with Crippen molar-refractivity contribution in [3.63, 3.8) is 0 Å². The number of para-hydroxylation sites is 4. The van der Waals surface area contributed by atoms with E-state index in [0.717, 1.165) is 64.3 Å². The Balaban J connectivity index is 1.19. The number of imidazole rings is 1. The van der Waals surface area contributed by atoms with Gasteiger partial charge in [-0.1, -0.05) is 42.5 Å². The molecule has 4 aromatic heterocycles. The molecule has 37 heavy (non-hydrogen) atoms. The first kappa shape index (κ1) is 21.6. The molecule has 0 fully saturated rings. The molecule has 0 unspecified atom stereocenters. The Morgan fingerprint density at radius 3 is 2.51 bits per heavy atom. The Morgan fingerprint density at radius 2 is 1.59 bits per heavy atom. The average molecular weight is 487 g/mol. The Kier molecular flexibility index (Phi) is 5.09. The van der Waals surface area contributed by atoms with Crippen molar-refractivity contribution in [2.45, 2.75) is 26.3 Å². The number of benzene rings is 3. The first-order valence-electron chi connectivity index (χ1n) is 12.6. The number of fused-ring (bicyclic) bond motifs is 5. The van der Waals surface area contributed by atoms with Crippen molar-refractivity contribution in [1.29, 1.82) is 0 Å². The Bertz CT molecular complexity index is 1890. The van der Waals surface area contributed by atoms with Crippen molar-refractivity contribution >= 4 is 44.4 Å². The van der Waals surface area contributed by atoms with Gasteiger partial charge < -0.3 is 14.9 Å². The molecule has 0 aliphatic rings. The summed E-state index contributed by atoms with van der Waals surface area (Å²) in [6.07, 6.45) is 3.66. The zero-order valence-corrected chi connectivity index (χ0v) is 20.5. The number of hydrogen-bond acceptors (Lipinski definition) is 5. The molecule has 0 aliphatic heterocycles. The van der Waals surface area contributed by atoms with E-state index in [1.807, 2.05) is 41.8 Å². The van der Waals surface area contributed by atoms with Crippen LogP contribution in [-0.2, 0) is 19.4 Å². The van der Waals surface area contributed by atoms with E-state index in [1.54, 1.807) is 0 Å². The van der Waals surface area contributed by atoms with E-state index in [-0.39, 0.29) is 0 Å². The van der Waals surface area contributed by atoms with Crippen LogP contribution >= 0.6 is 0 Å². The summed E-state index contributed by atoms with van der Waals surface area (Å²) in [7, 11) is 0. The van der Waals surface area contributed by atoms with Crippen molar-refractivity contribution in [1.82, 2.24) is 34.1 Å². The van der Waals surface area contributed by atoms with Crippen molar-refractivity contribution in [3.8, 4) is 0 Å². The third-order valence-electron chi connectivity index (χ3n) is 6.98. The third kappa shape index (κ3) is 3.78. The number of nitrogens with one attached hydrogen (secondary N) is 2. The van der Waals surface area contributed by atoms with E-state index in [4.69, 9.17) is 20.1 Å². The molecule has 0 spiro atoms. The highest BCUT2D eigenvalue weighted by atomic mass is 15.4. The highest BCUT2D eigenvalue weighted by molar-refractivity contribution is 5.92. The van der Waals surface area contributed by atoms with Gasteiger partial charge in [-0.2, -0.15) is 4.52 Å². The van der Waals surface area contributed by atoms with Crippen LogP contribution in [0.1, 0.15) is 17.2 Å². The molecule has 3 aromatic carbocycles. The Morgan fingerprint density at radius 1 is 0.811 bits per heavy atom. The van der Waals surface area contributed by atoms with Crippen LogP contribution in [0.5, 0.6) is 0 Å². The van der Waals surface area contributed by atoms with Crippen LogP contribution in [0.3, 0.4) is 0 Å². The molecule has 0 bridgehead atoms. The van der Waals surface area contributed by atoms with Gasteiger partial charge in [0.15, 0.2) is 11.5 Å². The summed E-state index contributed by atoms with van der Waals surface area (Å²) in [6.45, 7) is 3.54. The van der Waals surface area contributed by atoms with Gasteiger partial charge in [0.2, 0.25) is 5.95 Å². The number of anilines is 1. The molecular formula is C29H26N8. The minimum Gasteiger partial charge on any atom is -0.361 e. The minimum absolute atomic E-state index is 0.700. The first-order chi connectivity index (χ1) is 18.2. The van der Waals surface area contributed by atoms with Gasteiger partial charge in [0.25, 0.3) is 0 Å². The Hall–Kier alpha value is -4.72. The van der Waals surface area contributed by atoms with Gasteiger partial charge in [0.05, 0.1) is 16.6 Å². The predicted octanol–water partition coefficient (Wildman–Crippen LogP) is 5.31. The minimum atomic E-state index is 0.700. The number of aryl methyl sites for hydroxylation is 3. The number of H-pyrrole nitrogens is 1. The third-order valence-corrected chi connectivity index (χ3v) is 6.98. The summed E-state index contributed by atoms with van der Waals surface area (Å²) in [6, 6.07) is 24.7. The molecule has 7 aromatic rings. The molecule has 0 radical (unpaired) electrons. The molecule has 0 saturated carbocycles. The second kappa shape index (κ2) is 8.74. The van der Waals surface area contributed by atoms with Crippen molar-refractivity contribution in [3.05, 3.63) is 96.2 Å². The van der Waals surface area contributed by atoms with Gasteiger partial charge in [0.1, 0.15) is 5.82 Å². The second-order valence-corrected chi connectivity index (χ2v) is 9.30. The molecular weight excluding hydrogens is 460 g/mol. The molecule has 8 heteroatoms. The molecule has 8 nitrogen and oxygen atoms in total. The van der Waals surface area contributed by atoms with Gasteiger partial charge in [0, 0.05) is 42.0 Å². The zero-order valence-electron chi connectivity index (χ0n) is 20.5. The lowest BCUT2D eigenvalue weighted by molar-refractivity contribution is 0.667. The lowest BCUT2D eigenvalue weighted by atomic mass is 10.1.